The van der Waals surface area contributed by atoms with Crippen LogP contribution in [0.1, 0.15) is 10.4 Å². The van der Waals surface area contributed by atoms with Crippen LogP contribution in [-0.4, -0.2) is 15.6 Å². The minimum absolute atomic E-state index is 0.282. The number of para-hydroxylation sites is 2. The number of rotatable bonds is 2. The smallest absolute Gasteiger partial charge is 0.197 e. The largest absolute Gasteiger partial charge is 0.354 e. The van der Waals surface area contributed by atoms with Crippen molar-refractivity contribution in [3.63, 3.8) is 0 Å². The van der Waals surface area contributed by atoms with Crippen molar-refractivity contribution in [2.24, 2.45) is 0 Å². The van der Waals surface area contributed by atoms with Crippen molar-refractivity contribution >= 4 is 50.8 Å². The Morgan fingerprint density at radius 3 is 2.50 bits per heavy atom. The number of nitrogens with one attached hydrogen (secondary N) is 1. The third-order valence-electron chi connectivity index (χ3n) is 3.01. The fourth-order valence-electron chi connectivity index (χ4n) is 2.20. The number of alkyl halides is 2. The zero-order valence-corrected chi connectivity index (χ0v) is 10.8. The van der Waals surface area contributed by atoms with Gasteiger partial charge in [0, 0.05) is 21.9 Å². The molecule has 0 radical (unpaired) electrons. The number of H-pyrrole nitrogens is 1. The standard InChI is InChI=1S/C14H9Cl2NO/c15-14(16)13(18)10-6-3-5-9-8-4-1-2-7-11(8)17-12(9)10/h1-7,14,17H. The van der Waals surface area contributed by atoms with Crippen LogP contribution < -0.4 is 0 Å². The van der Waals surface area contributed by atoms with Gasteiger partial charge in [-0.1, -0.05) is 53.5 Å². The lowest BCUT2D eigenvalue weighted by atomic mass is 10.1. The van der Waals surface area contributed by atoms with E-state index in [0.29, 0.717) is 5.56 Å². The molecule has 0 aliphatic rings. The van der Waals surface area contributed by atoms with Crippen LogP contribution in [0.15, 0.2) is 42.5 Å². The van der Waals surface area contributed by atoms with Crippen LogP contribution in [0.25, 0.3) is 21.8 Å². The number of ketones is 1. The van der Waals surface area contributed by atoms with E-state index in [4.69, 9.17) is 23.2 Å². The van der Waals surface area contributed by atoms with Crippen LogP contribution in [-0.2, 0) is 0 Å². The summed E-state index contributed by atoms with van der Waals surface area (Å²) >= 11 is 11.3. The lowest BCUT2D eigenvalue weighted by molar-refractivity contribution is 0.101. The van der Waals surface area contributed by atoms with E-state index in [0.717, 1.165) is 21.8 Å². The van der Waals surface area contributed by atoms with Crippen LogP contribution in [0.3, 0.4) is 0 Å². The number of aromatic amines is 1. The molecule has 0 aliphatic heterocycles. The molecule has 1 heterocycles. The molecule has 0 fully saturated rings. The molecular formula is C14H9Cl2NO. The van der Waals surface area contributed by atoms with Gasteiger partial charge in [0.2, 0.25) is 0 Å². The highest BCUT2D eigenvalue weighted by Crippen LogP contribution is 2.28. The number of Topliss-reactive ketones (excluding diaryl/α,β-unsaturated/α-hetero) is 1. The summed E-state index contributed by atoms with van der Waals surface area (Å²) in [4.78, 5) is 14.2. The van der Waals surface area contributed by atoms with Gasteiger partial charge in [-0.2, -0.15) is 0 Å². The molecule has 2 aromatic carbocycles. The Morgan fingerprint density at radius 1 is 1.00 bits per heavy atom. The highest BCUT2D eigenvalue weighted by molar-refractivity contribution is 6.55. The minimum atomic E-state index is -1.04. The van der Waals surface area contributed by atoms with Gasteiger partial charge in [0.05, 0.1) is 5.52 Å². The molecule has 0 aliphatic carbocycles. The SMILES string of the molecule is O=C(c1cccc2c1[nH]c1ccccc12)C(Cl)Cl. The molecular weight excluding hydrogens is 269 g/mol. The first-order chi connectivity index (χ1) is 8.68. The number of aromatic nitrogens is 1. The second-order valence-corrected chi connectivity index (χ2v) is 5.16. The molecule has 0 bridgehead atoms. The summed E-state index contributed by atoms with van der Waals surface area (Å²) < 4.78 is 0. The summed E-state index contributed by atoms with van der Waals surface area (Å²) in [5, 5.41) is 2.09. The molecule has 4 heteroatoms. The quantitative estimate of drug-likeness (QED) is 0.550. The summed E-state index contributed by atoms with van der Waals surface area (Å²) in [5.74, 6) is -0.282. The van der Waals surface area contributed by atoms with Gasteiger partial charge in [-0.05, 0) is 12.1 Å². The number of fused-ring (bicyclic) bond motifs is 3. The zero-order chi connectivity index (χ0) is 12.7. The van der Waals surface area contributed by atoms with Gasteiger partial charge in [-0.25, -0.2) is 0 Å². The average Bonchev–Trinajstić information content (AvgIpc) is 2.76. The number of hydrogen-bond acceptors (Lipinski definition) is 1. The average molecular weight is 278 g/mol. The van der Waals surface area contributed by atoms with Crippen molar-refractivity contribution in [1.29, 1.82) is 0 Å². The Labute approximate surface area is 114 Å². The highest BCUT2D eigenvalue weighted by Gasteiger charge is 2.18. The molecule has 90 valence electrons. The Hall–Kier alpha value is -1.51. The molecule has 0 atom stereocenters. The maximum absolute atomic E-state index is 12.0. The van der Waals surface area contributed by atoms with E-state index in [1.165, 1.54) is 0 Å². The summed E-state index contributed by atoms with van der Waals surface area (Å²) in [6.07, 6.45) is 0. The van der Waals surface area contributed by atoms with Gasteiger partial charge in [-0.15, -0.1) is 0 Å². The number of halogens is 2. The van der Waals surface area contributed by atoms with Gasteiger partial charge >= 0.3 is 0 Å². The predicted octanol–water partition coefficient (Wildman–Crippen LogP) is 4.31. The number of carbonyl (C=O) groups excluding carboxylic acids is 1. The van der Waals surface area contributed by atoms with Gasteiger partial charge < -0.3 is 4.98 Å². The van der Waals surface area contributed by atoms with Crippen LogP contribution in [0.2, 0.25) is 0 Å². The van der Waals surface area contributed by atoms with E-state index in [9.17, 15) is 4.79 Å². The fourth-order valence-corrected chi connectivity index (χ4v) is 2.43. The first-order valence-corrected chi connectivity index (χ1v) is 6.37. The van der Waals surface area contributed by atoms with Gasteiger partial charge in [0.25, 0.3) is 0 Å². The number of carbonyl (C=O) groups is 1. The van der Waals surface area contributed by atoms with E-state index in [-0.39, 0.29) is 5.78 Å². The van der Waals surface area contributed by atoms with Gasteiger partial charge in [0.1, 0.15) is 0 Å². The predicted molar refractivity (Wildman–Crippen MR) is 75.6 cm³/mol. The van der Waals surface area contributed by atoms with E-state index in [1.807, 2.05) is 36.4 Å². The van der Waals surface area contributed by atoms with Crippen molar-refractivity contribution in [3.8, 4) is 0 Å². The maximum atomic E-state index is 12.0. The van der Waals surface area contributed by atoms with Crippen LogP contribution >= 0.6 is 23.2 Å². The zero-order valence-electron chi connectivity index (χ0n) is 9.28. The Bertz CT molecular complexity index is 746. The van der Waals surface area contributed by atoms with E-state index >= 15 is 0 Å². The van der Waals surface area contributed by atoms with Gasteiger partial charge in [-0.3, -0.25) is 4.79 Å². The van der Waals surface area contributed by atoms with Crippen molar-refractivity contribution < 1.29 is 4.79 Å². The third kappa shape index (κ3) is 1.69. The summed E-state index contributed by atoms with van der Waals surface area (Å²) in [7, 11) is 0. The first-order valence-electron chi connectivity index (χ1n) is 5.50. The second-order valence-electron chi connectivity index (χ2n) is 4.06. The van der Waals surface area contributed by atoms with Crippen LogP contribution in [0, 0.1) is 0 Å². The number of benzene rings is 2. The van der Waals surface area contributed by atoms with Crippen molar-refractivity contribution in [2.75, 3.05) is 0 Å². The van der Waals surface area contributed by atoms with Crippen LogP contribution in [0.5, 0.6) is 0 Å². The molecule has 0 unspecified atom stereocenters. The minimum Gasteiger partial charge on any atom is -0.354 e. The topological polar surface area (TPSA) is 32.9 Å². The molecule has 0 saturated heterocycles. The summed E-state index contributed by atoms with van der Waals surface area (Å²) in [5.41, 5.74) is 2.31. The third-order valence-corrected chi connectivity index (χ3v) is 3.40. The second kappa shape index (κ2) is 4.30. The first kappa shape index (κ1) is 11.6. The Morgan fingerprint density at radius 2 is 1.72 bits per heavy atom. The van der Waals surface area contributed by atoms with Gasteiger partial charge in [0.15, 0.2) is 10.6 Å². The van der Waals surface area contributed by atoms with E-state index in [2.05, 4.69) is 4.98 Å². The maximum Gasteiger partial charge on any atom is 0.197 e. The molecule has 0 saturated carbocycles. The molecule has 1 aromatic heterocycles. The van der Waals surface area contributed by atoms with Crippen LogP contribution in [0.4, 0.5) is 0 Å². The molecule has 3 aromatic rings. The Balaban J connectivity index is 2.38. The fraction of sp³-hybridized carbons (Fsp3) is 0.0714. The van der Waals surface area contributed by atoms with E-state index < -0.39 is 4.84 Å². The number of hydrogen-bond donors (Lipinski definition) is 1. The van der Waals surface area contributed by atoms with Crippen molar-refractivity contribution in [1.82, 2.24) is 4.98 Å². The monoisotopic (exact) mass is 277 g/mol. The lowest BCUT2D eigenvalue weighted by Gasteiger charge is -2.02. The molecule has 3 rings (SSSR count). The summed E-state index contributed by atoms with van der Waals surface area (Å²) in [6, 6.07) is 13.5. The molecule has 1 N–H and O–H groups in total. The molecule has 2 nitrogen and oxygen atoms in total. The Kier molecular flexibility index (Phi) is 2.77. The molecule has 0 spiro atoms. The molecule has 0 amide bonds. The highest BCUT2D eigenvalue weighted by atomic mass is 35.5. The normalized spacial score (nSPS) is 11.5. The van der Waals surface area contributed by atoms with Crippen molar-refractivity contribution in [2.45, 2.75) is 4.84 Å². The lowest BCUT2D eigenvalue weighted by Crippen LogP contribution is -2.08. The van der Waals surface area contributed by atoms with E-state index in [1.54, 1.807) is 6.07 Å². The molecule has 18 heavy (non-hydrogen) atoms. The van der Waals surface area contributed by atoms with Crippen molar-refractivity contribution in [3.05, 3.63) is 48.0 Å². The summed E-state index contributed by atoms with van der Waals surface area (Å²) in [6.45, 7) is 0.